The van der Waals surface area contributed by atoms with Gasteiger partial charge in [0.1, 0.15) is 12.4 Å². The molecular weight excluding hydrogens is 390 g/mol. The van der Waals surface area contributed by atoms with Crippen LogP contribution in [0.15, 0.2) is 78.9 Å². The topological polar surface area (TPSA) is 70.7 Å². The van der Waals surface area contributed by atoms with Crippen molar-refractivity contribution in [2.24, 2.45) is 0 Å². The highest BCUT2D eigenvalue weighted by molar-refractivity contribution is 5.94. The van der Waals surface area contributed by atoms with Gasteiger partial charge in [-0.1, -0.05) is 42.5 Å². The molecule has 0 saturated heterocycles. The van der Waals surface area contributed by atoms with Gasteiger partial charge in [-0.25, -0.2) is 0 Å². The lowest BCUT2D eigenvalue weighted by Gasteiger charge is -2.16. The molecule has 0 heterocycles. The molecule has 0 aromatic heterocycles. The lowest BCUT2D eigenvalue weighted by Crippen LogP contribution is -2.29. The van der Waals surface area contributed by atoms with Gasteiger partial charge in [0.25, 0.3) is 5.91 Å². The maximum Gasteiger partial charge on any atom is 0.251 e. The SMILES string of the molecule is CNC(=O)c1ccc(CN(C)CC(=O)Nc2ccc(OCc3ccccc3)cc2)cc1. The van der Waals surface area contributed by atoms with Crippen molar-refractivity contribution in [2.75, 3.05) is 26.0 Å². The van der Waals surface area contributed by atoms with Gasteiger partial charge in [-0.15, -0.1) is 0 Å². The highest BCUT2D eigenvalue weighted by atomic mass is 16.5. The lowest BCUT2D eigenvalue weighted by molar-refractivity contribution is -0.117. The van der Waals surface area contributed by atoms with Gasteiger partial charge in [-0.3, -0.25) is 14.5 Å². The van der Waals surface area contributed by atoms with Crippen molar-refractivity contribution in [3.05, 3.63) is 95.6 Å². The van der Waals surface area contributed by atoms with Crippen molar-refractivity contribution in [1.29, 1.82) is 0 Å². The summed E-state index contributed by atoms with van der Waals surface area (Å²) < 4.78 is 5.77. The highest BCUT2D eigenvalue weighted by Crippen LogP contribution is 2.17. The summed E-state index contributed by atoms with van der Waals surface area (Å²) in [5, 5.41) is 5.50. The van der Waals surface area contributed by atoms with Crippen molar-refractivity contribution < 1.29 is 14.3 Å². The number of benzene rings is 3. The zero-order valence-corrected chi connectivity index (χ0v) is 17.8. The molecular formula is C25H27N3O3. The maximum absolute atomic E-state index is 12.4. The van der Waals surface area contributed by atoms with Crippen molar-refractivity contribution in [3.63, 3.8) is 0 Å². The van der Waals surface area contributed by atoms with Gasteiger partial charge in [0.05, 0.1) is 6.54 Å². The van der Waals surface area contributed by atoms with E-state index in [9.17, 15) is 9.59 Å². The molecule has 0 radical (unpaired) electrons. The average molecular weight is 418 g/mol. The fourth-order valence-corrected chi connectivity index (χ4v) is 3.09. The molecule has 160 valence electrons. The van der Waals surface area contributed by atoms with E-state index in [1.54, 1.807) is 19.2 Å². The molecule has 6 nitrogen and oxygen atoms in total. The first-order chi connectivity index (χ1) is 15.0. The smallest absolute Gasteiger partial charge is 0.251 e. The molecule has 3 aromatic rings. The molecule has 3 rings (SSSR count). The quantitative estimate of drug-likeness (QED) is 0.557. The summed E-state index contributed by atoms with van der Waals surface area (Å²) in [5.41, 5.74) is 3.47. The number of hydrogen-bond donors (Lipinski definition) is 2. The number of carbonyl (C=O) groups excluding carboxylic acids is 2. The molecule has 0 spiro atoms. The molecule has 0 saturated carbocycles. The normalized spacial score (nSPS) is 10.5. The molecule has 0 bridgehead atoms. The van der Waals surface area contributed by atoms with E-state index in [1.807, 2.05) is 78.7 Å². The number of amides is 2. The molecule has 0 fully saturated rings. The monoisotopic (exact) mass is 417 g/mol. The first kappa shape index (κ1) is 22.1. The van der Waals surface area contributed by atoms with Crippen LogP contribution in [0.25, 0.3) is 0 Å². The summed E-state index contributed by atoms with van der Waals surface area (Å²) in [6.45, 7) is 1.36. The highest BCUT2D eigenvalue weighted by Gasteiger charge is 2.09. The first-order valence-electron chi connectivity index (χ1n) is 10.1. The van der Waals surface area contributed by atoms with Crippen LogP contribution < -0.4 is 15.4 Å². The van der Waals surface area contributed by atoms with E-state index in [4.69, 9.17) is 4.74 Å². The van der Waals surface area contributed by atoms with Crippen LogP contribution in [-0.2, 0) is 17.9 Å². The van der Waals surface area contributed by atoms with E-state index < -0.39 is 0 Å². The fraction of sp³-hybridized carbons (Fsp3) is 0.200. The zero-order valence-electron chi connectivity index (χ0n) is 17.8. The summed E-state index contributed by atoms with van der Waals surface area (Å²) in [5.74, 6) is 0.539. The molecule has 0 aliphatic rings. The third-order valence-electron chi connectivity index (χ3n) is 4.70. The lowest BCUT2D eigenvalue weighted by atomic mass is 10.1. The number of nitrogens with zero attached hydrogens (tertiary/aromatic N) is 1. The molecule has 0 atom stereocenters. The minimum atomic E-state index is -0.115. The van der Waals surface area contributed by atoms with Crippen molar-refractivity contribution in [3.8, 4) is 5.75 Å². The molecule has 0 unspecified atom stereocenters. The molecule has 0 aliphatic heterocycles. The Morgan fingerprint density at radius 1 is 0.871 bits per heavy atom. The van der Waals surface area contributed by atoms with Crippen molar-refractivity contribution in [1.82, 2.24) is 10.2 Å². The summed E-state index contributed by atoms with van der Waals surface area (Å²) >= 11 is 0. The van der Waals surface area contributed by atoms with Gasteiger partial charge < -0.3 is 15.4 Å². The number of nitrogens with one attached hydrogen (secondary N) is 2. The van der Waals surface area contributed by atoms with E-state index in [-0.39, 0.29) is 18.4 Å². The third-order valence-corrected chi connectivity index (χ3v) is 4.70. The van der Waals surface area contributed by atoms with Crippen LogP contribution in [0.3, 0.4) is 0 Å². The van der Waals surface area contributed by atoms with Crippen LogP contribution in [-0.4, -0.2) is 37.4 Å². The Hall–Kier alpha value is -3.64. The second-order valence-electron chi connectivity index (χ2n) is 7.30. The van der Waals surface area contributed by atoms with Gasteiger partial charge in [0.15, 0.2) is 0 Å². The maximum atomic E-state index is 12.4. The Labute approximate surface area is 182 Å². The Bertz CT molecular complexity index is 987. The Morgan fingerprint density at radius 2 is 1.55 bits per heavy atom. The molecule has 31 heavy (non-hydrogen) atoms. The molecule has 2 N–H and O–H groups in total. The van der Waals surface area contributed by atoms with E-state index in [1.165, 1.54) is 0 Å². The number of ether oxygens (including phenoxy) is 1. The molecule has 2 amide bonds. The van der Waals surface area contributed by atoms with E-state index in [0.29, 0.717) is 18.7 Å². The van der Waals surface area contributed by atoms with Gasteiger partial charge in [0.2, 0.25) is 5.91 Å². The molecule has 0 aliphatic carbocycles. The Kier molecular flexibility index (Phi) is 7.79. The summed E-state index contributed by atoms with van der Waals surface area (Å²) in [4.78, 5) is 25.9. The minimum Gasteiger partial charge on any atom is -0.489 e. The largest absolute Gasteiger partial charge is 0.489 e. The van der Waals surface area contributed by atoms with E-state index >= 15 is 0 Å². The predicted molar refractivity (Wildman–Crippen MR) is 122 cm³/mol. The number of carbonyl (C=O) groups is 2. The van der Waals surface area contributed by atoms with Crippen LogP contribution in [0, 0.1) is 0 Å². The standard InChI is InChI=1S/C25H27N3O3/c1-26-25(30)21-10-8-19(9-11-21)16-28(2)17-24(29)27-22-12-14-23(15-13-22)31-18-20-6-4-3-5-7-20/h3-15H,16-18H2,1-2H3,(H,26,30)(H,27,29). The van der Waals surface area contributed by atoms with Crippen LogP contribution in [0.1, 0.15) is 21.5 Å². The van der Waals surface area contributed by atoms with Crippen molar-refractivity contribution >= 4 is 17.5 Å². The predicted octanol–water partition coefficient (Wildman–Crippen LogP) is 3.70. The number of hydrogen-bond acceptors (Lipinski definition) is 4. The Morgan fingerprint density at radius 3 is 2.19 bits per heavy atom. The van der Waals surface area contributed by atoms with Crippen LogP contribution in [0.5, 0.6) is 5.75 Å². The average Bonchev–Trinajstić information content (AvgIpc) is 2.79. The van der Waals surface area contributed by atoms with E-state index in [0.717, 1.165) is 22.6 Å². The van der Waals surface area contributed by atoms with Gasteiger partial charge in [0, 0.05) is 24.8 Å². The number of likely N-dealkylation sites (N-methyl/N-ethyl adjacent to an activating group) is 1. The third kappa shape index (κ3) is 6.97. The second kappa shape index (κ2) is 10.9. The zero-order chi connectivity index (χ0) is 22.1. The van der Waals surface area contributed by atoms with E-state index in [2.05, 4.69) is 10.6 Å². The van der Waals surface area contributed by atoms with Crippen LogP contribution in [0.4, 0.5) is 5.69 Å². The first-order valence-corrected chi connectivity index (χ1v) is 10.1. The summed E-state index contributed by atoms with van der Waals surface area (Å²) in [6, 6.07) is 24.7. The molecule has 6 heteroatoms. The van der Waals surface area contributed by atoms with Gasteiger partial charge in [-0.2, -0.15) is 0 Å². The summed E-state index contributed by atoms with van der Waals surface area (Å²) in [6.07, 6.45) is 0. The molecule has 3 aromatic carbocycles. The second-order valence-corrected chi connectivity index (χ2v) is 7.30. The fourth-order valence-electron chi connectivity index (χ4n) is 3.09. The van der Waals surface area contributed by atoms with Gasteiger partial charge >= 0.3 is 0 Å². The number of anilines is 1. The van der Waals surface area contributed by atoms with Crippen LogP contribution in [0.2, 0.25) is 0 Å². The van der Waals surface area contributed by atoms with Crippen LogP contribution >= 0.6 is 0 Å². The number of rotatable bonds is 9. The Balaban J connectivity index is 1.44. The van der Waals surface area contributed by atoms with Gasteiger partial charge in [-0.05, 0) is 54.6 Å². The summed E-state index contributed by atoms with van der Waals surface area (Å²) in [7, 11) is 3.49. The minimum absolute atomic E-state index is 0.0950. The van der Waals surface area contributed by atoms with Crippen molar-refractivity contribution in [2.45, 2.75) is 13.2 Å².